The van der Waals surface area contributed by atoms with Gasteiger partial charge in [-0.2, -0.15) is 0 Å². The maximum absolute atomic E-state index is 13.0. The Kier molecular flexibility index (Phi) is 5.45. The summed E-state index contributed by atoms with van der Waals surface area (Å²) in [6.07, 6.45) is -0.193. The number of nitrogens with one attached hydrogen (secondary N) is 2. The summed E-state index contributed by atoms with van der Waals surface area (Å²) in [5.74, 6) is -0.569. The standard InChI is InChI=1S/C21H22ClN3O4/c22-14-5-6-16-13(7-14)9-17(23-16)20(28)24-18-8-12-3-1-2-4-19(12)25(21(18)29)10-15(27)11-26/h1-7,15,17-18,23,26-27H,8-11H2,(H,24,28). The van der Waals surface area contributed by atoms with Crippen molar-refractivity contribution in [1.29, 1.82) is 0 Å². The first-order chi connectivity index (χ1) is 14.0. The van der Waals surface area contributed by atoms with Crippen molar-refractivity contribution in [2.24, 2.45) is 0 Å². The highest BCUT2D eigenvalue weighted by atomic mass is 35.5. The monoisotopic (exact) mass is 415 g/mol. The van der Waals surface area contributed by atoms with Crippen LogP contribution in [0.4, 0.5) is 11.4 Å². The maximum atomic E-state index is 13.0. The first-order valence-corrected chi connectivity index (χ1v) is 9.87. The van der Waals surface area contributed by atoms with Crippen LogP contribution in [0.5, 0.6) is 0 Å². The summed E-state index contributed by atoms with van der Waals surface area (Å²) in [5, 5.41) is 25.7. The molecule has 0 saturated heterocycles. The molecule has 4 rings (SSSR count). The van der Waals surface area contributed by atoms with Crippen molar-refractivity contribution in [3.63, 3.8) is 0 Å². The van der Waals surface area contributed by atoms with Crippen LogP contribution in [0.25, 0.3) is 0 Å². The Balaban J connectivity index is 1.50. The van der Waals surface area contributed by atoms with Crippen molar-refractivity contribution < 1.29 is 19.8 Å². The molecule has 3 atom stereocenters. The highest BCUT2D eigenvalue weighted by molar-refractivity contribution is 6.30. The SMILES string of the molecule is O=C(NC1Cc2ccccc2N(CC(O)CO)C1=O)C1Cc2cc(Cl)ccc2N1. The van der Waals surface area contributed by atoms with Crippen LogP contribution in [0.3, 0.4) is 0 Å². The van der Waals surface area contributed by atoms with E-state index in [1.54, 1.807) is 12.1 Å². The first-order valence-electron chi connectivity index (χ1n) is 9.50. The molecule has 152 valence electrons. The highest BCUT2D eigenvalue weighted by Crippen LogP contribution is 2.30. The molecule has 0 aliphatic carbocycles. The molecule has 29 heavy (non-hydrogen) atoms. The number of para-hydroxylation sites is 1. The molecule has 2 heterocycles. The fourth-order valence-corrected chi connectivity index (χ4v) is 4.09. The lowest BCUT2D eigenvalue weighted by Gasteiger charge is -2.35. The van der Waals surface area contributed by atoms with Gasteiger partial charge in [0.2, 0.25) is 11.8 Å². The zero-order valence-electron chi connectivity index (χ0n) is 15.6. The largest absolute Gasteiger partial charge is 0.394 e. The van der Waals surface area contributed by atoms with Gasteiger partial charge in [-0.1, -0.05) is 29.8 Å². The van der Waals surface area contributed by atoms with Gasteiger partial charge < -0.3 is 25.7 Å². The second-order valence-corrected chi connectivity index (χ2v) is 7.82. The van der Waals surface area contributed by atoms with E-state index in [0.717, 1.165) is 16.8 Å². The number of amides is 2. The molecule has 0 spiro atoms. The molecule has 0 saturated carbocycles. The lowest BCUT2D eigenvalue weighted by molar-refractivity contribution is -0.128. The summed E-state index contributed by atoms with van der Waals surface area (Å²) < 4.78 is 0. The third-order valence-corrected chi connectivity index (χ3v) is 5.56. The van der Waals surface area contributed by atoms with Gasteiger partial charge in [0.05, 0.1) is 19.3 Å². The molecule has 0 radical (unpaired) electrons. The molecule has 2 aliphatic rings. The Morgan fingerprint density at radius 1 is 1.24 bits per heavy atom. The second-order valence-electron chi connectivity index (χ2n) is 7.38. The van der Waals surface area contributed by atoms with Gasteiger partial charge in [-0.15, -0.1) is 0 Å². The topological polar surface area (TPSA) is 102 Å². The molecule has 2 aromatic carbocycles. The third-order valence-electron chi connectivity index (χ3n) is 5.33. The Bertz CT molecular complexity index is 951. The molecule has 2 aliphatic heterocycles. The van der Waals surface area contributed by atoms with Gasteiger partial charge >= 0.3 is 0 Å². The van der Waals surface area contributed by atoms with E-state index >= 15 is 0 Å². The average molecular weight is 416 g/mol. The Morgan fingerprint density at radius 3 is 2.83 bits per heavy atom. The van der Waals surface area contributed by atoms with Crippen LogP contribution in [-0.2, 0) is 22.4 Å². The van der Waals surface area contributed by atoms with Crippen molar-refractivity contribution >= 4 is 34.8 Å². The van der Waals surface area contributed by atoms with E-state index in [1.807, 2.05) is 30.3 Å². The van der Waals surface area contributed by atoms with E-state index < -0.39 is 24.8 Å². The number of fused-ring (bicyclic) bond motifs is 2. The highest BCUT2D eigenvalue weighted by Gasteiger charge is 2.36. The number of nitrogens with zero attached hydrogens (tertiary/aromatic N) is 1. The lowest BCUT2D eigenvalue weighted by atomic mass is 9.96. The number of benzene rings is 2. The second kappa shape index (κ2) is 8.02. The molecule has 0 fully saturated rings. The Hall–Kier alpha value is -2.61. The van der Waals surface area contributed by atoms with E-state index in [9.17, 15) is 19.8 Å². The fourth-order valence-electron chi connectivity index (χ4n) is 3.89. The van der Waals surface area contributed by atoms with Gasteiger partial charge in [-0.05, 0) is 35.4 Å². The van der Waals surface area contributed by atoms with Gasteiger partial charge in [0.25, 0.3) is 0 Å². The number of anilines is 2. The van der Waals surface area contributed by atoms with Crippen LogP contribution in [0.1, 0.15) is 11.1 Å². The minimum Gasteiger partial charge on any atom is -0.394 e. The van der Waals surface area contributed by atoms with Crippen molar-refractivity contribution in [3.8, 4) is 0 Å². The first kappa shape index (κ1) is 19.7. The summed E-state index contributed by atoms with van der Waals surface area (Å²) in [6, 6.07) is 11.6. The molecule has 3 unspecified atom stereocenters. The number of rotatable bonds is 5. The molecule has 0 bridgehead atoms. The van der Waals surface area contributed by atoms with E-state index in [-0.39, 0.29) is 18.4 Å². The maximum Gasteiger partial charge on any atom is 0.250 e. The minimum absolute atomic E-state index is 0.0374. The Morgan fingerprint density at radius 2 is 2.03 bits per heavy atom. The zero-order chi connectivity index (χ0) is 20.5. The van der Waals surface area contributed by atoms with Crippen LogP contribution in [0.15, 0.2) is 42.5 Å². The lowest BCUT2D eigenvalue weighted by Crippen LogP contribution is -2.56. The smallest absolute Gasteiger partial charge is 0.250 e. The third kappa shape index (κ3) is 3.94. The number of carbonyl (C=O) groups excluding carboxylic acids is 2. The number of β-amino-alcohol motifs (C(OH)–C–C–N with tert-alkyl or cyclic N) is 1. The van der Waals surface area contributed by atoms with Gasteiger partial charge in [0.1, 0.15) is 12.1 Å². The predicted molar refractivity (Wildman–Crippen MR) is 110 cm³/mol. The van der Waals surface area contributed by atoms with E-state index in [2.05, 4.69) is 10.6 Å². The molecule has 2 amide bonds. The molecular weight excluding hydrogens is 394 g/mol. The molecule has 0 aromatic heterocycles. The number of carbonyl (C=O) groups is 2. The summed E-state index contributed by atoms with van der Waals surface area (Å²) in [4.78, 5) is 27.3. The van der Waals surface area contributed by atoms with E-state index in [0.29, 0.717) is 23.6 Å². The van der Waals surface area contributed by atoms with E-state index in [1.165, 1.54) is 4.90 Å². The molecule has 4 N–H and O–H groups in total. The van der Waals surface area contributed by atoms with Gasteiger partial charge in [0, 0.05) is 29.2 Å². The summed E-state index contributed by atoms with van der Waals surface area (Å²) >= 11 is 6.03. The quantitative estimate of drug-likeness (QED) is 0.586. The van der Waals surface area contributed by atoms with E-state index in [4.69, 9.17) is 11.6 Å². The van der Waals surface area contributed by atoms with Crippen molar-refractivity contribution in [2.45, 2.75) is 31.0 Å². The average Bonchev–Trinajstić information content (AvgIpc) is 3.14. The van der Waals surface area contributed by atoms with Gasteiger partial charge in [-0.25, -0.2) is 0 Å². The van der Waals surface area contributed by atoms with Crippen LogP contribution >= 0.6 is 11.6 Å². The zero-order valence-corrected chi connectivity index (χ0v) is 16.4. The van der Waals surface area contributed by atoms with Crippen LogP contribution in [0, 0.1) is 0 Å². The Labute approximate surface area is 173 Å². The number of hydrogen-bond donors (Lipinski definition) is 4. The minimum atomic E-state index is -1.06. The normalized spacial score (nSPS) is 21.2. The van der Waals surface area contributed by atoms with Crippen LogP contribution in [0.2, 0.25) is 5.02 Å². The van der Waals surface area contributed by atoms with Gasteiger partial charge in [-0.3, -0.25) is 9.59 Å². The van der Waals surface area contributed by atoms with Crippen molar-refractivity contribution in [3.05, 3.63) is 58.6 Å². The number of aliphatic hydroxyl groups excluding tert-OH is 2. The summed E-state index contributed by atoms with van der Waals surface area (Å²) in [7, 11) is 0. The summed E-state index contributed by atoms with van der Waals surface area (Å²) in [6.45, 7) is -0.486. The van der Waals surface area contributed by atoms with Crippen LogP contribution in [-0.4, -0.2) is 53.4 Å². The molecule has 8 heteroatoms. The van der Waals surface area contributed by atoms with Crippen molar-refractivity contribution in [2.75, 3.05) is 23.4 Å². The van der Waals surface area contributed by atoms with Gasteiger partial charge in [0.15, 0.2) is 0 Å². The van der Waals surface area contributed by atoms with Crippen LogP contribution < -0.4 is 15.5 Å². The number of aliphatic hydroxyl groups is 2. The predicted octanol–water partition coefficient (Wildman–Crippen LogP) is 1.10. The fraction of sp³-hybridized carbons (Fsp3) is 0.333. The number of halogens is 1. The molecule has 7 nitrogen and oxygen atoms in total. The molecule has 2 aromatic rings. The number of hydrogen-bond acceptors (Lipinski definition) is 5. The summed E-state index contributed by atoms with van der Waals surface area (Å²) in [5.41, 5.74) is 3.42. The molecular formula is C21H22ClN3O4. The van der Waals surface area contributed by atoms with Crippen molar-refractivity contribution in [1.82, 2.24) is 5.32 Å².